The second kappa shape index (κ2) is 7.13. The Balaban J connectivity index is 1.88. The molecular weight excluding hydrogens is 390 g/mol. The highest BCUT2D eigenvalue weighted by Crippen LogP contribution is 2.42. The Bertz CT molecular complexity index is 1500. The molecule has 5 aromatic rings. The number of esters is 1. The van der Waals surface area contributed by atoms with Crippen LogP contribution in [0.5, 0.6) is 0 Å². The molecule has 5 nitrogen and oxygen atoms in total. The number of carbonyl (C=O) groups excluding carboxylic acids is 2. The van der Waals surface area contributed by atoms with Crippen LogP contribution in [0.4, 0.5) is 0 Å². The summed E-state index contributed by atoms with van der Waals surface area (Å²) in [6.07, 6.45) is 0. The van der Waals surface area contributed by atoms with Gasteiger partial charge in [0.1, 0.15) is 0 Å². The summed E-state index contributed by atoms with van der Waals surface area (Å²) in [5, 5.41) is 9.91. The smallest absolute Gasteiger partial charge is 0.338 e. The number of carbonyl (C=O) groups is 2. The lowest BCUT2D eigenvalue weighted by molar-refractivity contribution is 0.0461. The zero-order valence-corrected chi connectivity index (χ0v) is 17.1. The molecule has 0 aliphatic rings. The van der Waals surface area contributed by atoms with Crippen molar-refractivity contribution in [2.24, 2.45) is 11.1 Å². The van der Waals surface area contributed by atoms with Gasteiger partial charge in [0.15, 0.2) is 0 Å². The molecule has 31 heavy (non-hydrogen) atoms. The average Bonchev–Trinajstić information content (AvgIpc) is 2.79. The summed E-state index contributed by atoms with van der Waals surface area (Å²) in [4.78, 5) is 35.8. The summed E-state index contributed by atoms with van der Waals surface area (Å²) in [5.41, 5.74) is 0.828. The maximum absolute atomic E-state index is 12.8. The van der Waals surface area contributed by atoms with Crippen molar-refractivity contribution in [2.75, 3.05) is 6.61 Å². The molecule has 0 saturated heterocycles. The van der Waals surface area contributed by atoms with Gasteiger partial charge >= 0.3 is 11.9 Å². The van der Waals surface area contributed by atoms with Gasteiger partial charge in [-0.25, -0.2) is 4.79 Å². The molecule has 0 heterocycles. The van der Waals surface area contributed by atoms with E-state index in [2.05, 4.69) is 5.18 Å². The van der Waals surface area contributed by atoms with E-state index >= 15 is 0 Å². The maximum atomic E-state index is 12.8. The van der Waals surface area contributed by atoms with Crippen molar-refractivity contribution in [3.63, 3.8) is 0 Å². The molecule has 0 saturated carbocycles. The highest BCUT2D eigenvalue weighted by atomic mass is 16.5. The Morgan fingerprint density at radius 3 is 1.77 bits per heavy atom. The van der Waals surface area contributed by atoms with Crippen molar-refractivity contribution >= 4 is 55.0 Å². The zero-order chi connectivity index (χ0) is 21.7. The summed E-state index contributed by atoms with van der Waals surface area (Å²) in [6, 6.07) is 18.8. The SMILES string of the molecule is CC(C)COC(=O)c1ccc2c3cccc4c(C(=O)N=O)ccc(c5cccc1c52)c43. The van der Waals surface area contributed by atoms with Crippen molar-refractivity contribution in [3.05, 3.63) is 76.7 Å². The van der Waals surface area contributed by atoms with Crippen LogP contribution in [-0.4, -0.2) is 18.5 Å². The summed E-state index contributed by atoms with van der Waals surface area (Å²) >= 11 is 0. The van der Waals surface area contributed by atoms with Gasteiger partial charge in [-0.1, -0.05) is 62.4 Å². The van der Waals surface area contributed by atoms with Gasteiger partial charge in [-0.2, -0.15) is 0 Å². The fourth-order valence-corrected chi connectivity index (χ4v) is 4.44. The number of benzene rings is 5. The standard InChI is InChI=1S/C26H19NO4/c1-14(2)13-31-26(29)22-12-10-20-15-5-3-7-17-21(25(28)27-30)11-9-19(23(15)17)16-6-4-8-18(22)24(16)20/h3-12,14H,13H2,1-2H3. The summed E-state index contributed by atoms with van der Waals surface area (Å²) in [5.74, 6) is -0.860. The molecule has 152 valence electrons. The van der Waals surface area contributed by atoms with Crippen LogP contribution in [0.3, 0.4) is 0 Å². The molecule has 5 heteroatoms. The molecule has 1 amide bonds. The Labute approximate surface area is 177 Å². The van der Waals surface area contributed by atoms with Gasteiger partial charge < -0.3 is 4.74 Å². The summed E-state index contributed by atoms with van der Waals surface area (Å²) in [6.45, 7) is 4.37. The first-order valence-electron chi connectivity index (χ1n) is 10.2. The molecule has 0 aliphatic heterocycles. The normalized spacial score (nSPS) is 11.7. The van der Waals surface area contributed by atoms with E-state index in [0.717, 1.165) is 37.7 Å². The minimum atomic E-state index is -0.782. The molecule has 0 N–H and O–H groups in total. The minimum Gasteiger partial charge on any atom is -0.462 e. The molecule has 0 fully saturated rings. The van der Waals surface area contributed by atoms with Gasteiger partial charge in [-0.05, 0) is 61.1 Å². The molecule has 0 atom stereocenters. The first-order chi connectivity index (χ1) is 15.0. The predicted octanol–water partition coefficient (Wildman–Crippen LogP) is 6.46. The number of nitrogens with zero attached hydrogens (tertiary/aromatic N) is 1. The molecule has 5 aromatic carbocycles. The fourth-order valence-electron chi connectivity index (χ4n) is 4.44. The quantitative estimate of drug-likeness (QED) is 0.148. The van der Waals surface area contributed by atoms with Crippen molar-refractivity contribution < 1.29 is 14.3 Å². The molecule has 0 aliphatic carbocycles. The van der Waals surface area contributed by atoms with E-state index < -0.39 is 5.91 Å². The maximum Gasteiger partial charge on any atom is 0.338 e. The Hall–Kier alpha value is -3.86. The van der Waals surface area contributed by atoms with Crippen molar-refractivity contribution in [3.8, 4) is 0 Å². The van der Waals surface area contributed by atoms with Gasteiger partial charge in [0, 0.05) is 5.18 Å². The molecular formula is C26H19NO4. The highest BCUT2D eigenvalue weighted by Gasteiger charge is 2.20. The van der Waals surface area contributed by atoms with Crippen LogP contribution >= 0.6 is 0 Å². The second-order valence-corrected chi connectivity index (χ2v) is 8.17. The third-order valence-corrected chi connectivity index (χ3v) is 5.74. The number of amides is 1. The third kappa shape index (κ3) is 2.85. The molecule has 0 aromatic heterocycles. The zero-order valence-electron chi connectivity index (χ0n) is 17.1. The van der Waals surface area contributed by atoms with Gasteiger partial charge in [0.25, 0.3) is 0 Å². The summed E-state index contributed by atoms with van der Waals surface area (Å²) in [7, 11) is 0. The number of hydrogen-bond acceptors (Lipinski definition) is 4. The van der Waals surface area contributed by atoms with Crippen LogP contribution in [0.1, 0.15) is 34.6 Å². The van der Waals surface area contributed by atoms with E-state index in [9.17, 15) is 14.5 Å². The fraction of sp³-hybridized carbons (Fsp3) is 0.154. The van der Waals surface area contributed by atoms with Gasteiger partial charge in [-0.15, -0.1) is 4.91 Å². The first-order valence-corrected chi connectivity index (χ1v) is 10.2. The van der Waals surface area contributed by atoms with Gasteiger partial charge in [-0.3, -0.25) is 4.79 Å². The first kappa shape index (κ1) is 19.1. The number of hydrogen-bond donors (Lipinski definition) is 0. The predicted molar refractivity (Wildman–Crippen MR) is 123 cm³/mol. The average molecular weight is 409 g/mol. The van der Waals surface area contributed by atoms with E-state index in [-0.39, 0.29) is 11.9 Å². The lowest BCUT2D eigenvalue weighted by atomic mass is 9.87. The van der Waals surface area contributed by atoms with E-state index in [1.807, 2.05) is 62.4 Å². The van der Waals surface area contributed by atoms with E-state index in [4.69, 9.17) is 4.74 Å². The second-order valence-electron chi connectivity index (χ2n) is 8.17. The van der Waals surface area contributed by atoms with Crippen molar-refractivity contribution in [2.45, 2.75) is 13.8 Å². The highest BCUT2D eigenvalue weighted by molar-refractivity contribution is 6.35. The van der Waals surface area contributed by atoms with Crippen LogP contribution < -0.4 is 0 Å². The van der Waals surface area contributed by atoms with Gasteiger partial charge in [0.2, 0.25) is 0 Å². The molecule has 0 radical (unpaired) electrons. The van der Waals surface area contributed by atoms with E-state index in [1.54, 1.807) is 12.1 Å². The largest absolute Gasteiger partial charge is 0.462 e. The van der Waals surface area contributed by atoms with Crippen LogP contribution in [0.15, 0.2) is 65.8 Å². The van der Waals surface area contributed by atoms with E-state index in [1.165, 1.54) is 0 Å². The number of nitroso groups, excluding NO2 is 1. The van der Waals surface area contributed by atoms with Crippen LogP contribution in [-0.2, 0) is 4.74 Å². The molecule has 0 spiro atoms. The third-order valence-electron chi connectivity index (χ3n) is 5.74. The van der Waals surface area contributed by atoms with Crippen molar-refractivity contribution in [1.29, 1.82) is 0 Å². The number of fused-ring (bicyclic) bond motifs is 2. The Morgan fingerprint density at radius 2 is 1.23 bits per heavy atom. The van der Waals surface area contributed by atoms with Crippen LogP contribution in [0.2, 0.25) is 0 Å². The summed E-state index contributed by atoms with van der Waals surface area (Å²) < 4.78 is 5.49. The molecule has 0 unspecified atom stereocenters. The van der Waals surface area contributed by atoms with Gasteiger partial charge in [0.05, 0.1) is 17.7 Å². The van der Waals surface area contributed by atoms with Crippen LogP contribution in [0, 0.1) is 10.8 Å². The Morgan fingerprint density at radius 1 is 0.742 bits per heavy atom. The monoisotopic (exact) mass is 409 g/mol. The van der Waals surface area contributed by atoms with E-state index in [0.29, 0.717) is 23.1 Å². The van der Waals surface area contributed by atoms with Crippen LogP contribution in [0.25, 0.3) is 43.1 Å². The number of rotatable bonds is 4. The Kier molecular flexibility index (Phi) is 4.40. The molecule has 5 rings (SSSR count). The lowest BCUT2D eigenvalue weighted by Gasteiger charge is -2.17. The topological polar surface area (TPSA) is 72.8 Å². The molecule has 0 bridgehead atoms. The number of ether oxygens (including phenoxy) is 1. The minimum absolute atomic E-state index is 0.256. The van der Waals surface area contributed by atoms with Crippen molar-refractivity contribution in [1.82, 2.24) is 0 Å². The lowest BCUT2D eigenvalue weighted by Crippen LogP contribution is -2.10.